The van der Waals surface area contributed by atoms with Crippen LogP contribution in [0.25, 0.3) is 0 Å². The normalized spacial score (nSPS) is 10.6. The van der Waals surface area contributed by atoms with Crippen LogP contribution in [0.15, 0.2) is 72.8 Å². The molecule has 0 aromatic heterocycles. The molecule has 0 bridgehead atoms. The van der Waals surface area contributed by atoms with Gasteiger partial charge in [-0.25, -0.2) is 0 Å². The van der Waals surface area contributed by atoms with Gasteiger partial charge in [0, 0.05) is 36.2 Å². The number of rotatable bonds is 9. The molecule has 0 heterocycles. The Morgan fingerprint density at radius 3 is 2.47 bits per heavy atom. The van der Waals surface area contributed by atoms with Crippen LogP contribution in [-0.2, 0) is 11.2 Å². The number of hydrogen-bond acceptors (Lipinski definition) is 3. The molecule has 0 radical (unpaired) electrons. The van der Waals surface area contributed by atoms with E-state index >= 15 is 0 Å². The van der Waals surface area contributed by atoms with Crippen molar-refractivity contribution < 1.29 is 23.1 Å². The van der Waals surface area contributed by atoms with Crippen molar-refractivity contribution in [3.63, 3.8) is 0 Å². The summed E-state index contributed by atoms with van der Waals surface area (Å²) in [6, 6.07) is 21.1. The molecule has 166 valence electrons. The van der Waals surface area contributed by atoms with Gasteiger partial charge < -0.3 is 15.4 Å². The van der Waals surface area contributed by atoms with Crippen molar-refractivity contribution in [2.24, 2.45) is 0 Å². The summed E-state index contributed by atoms with van der Waals surface area (Å²) >= 11 is 0. The van der Waals surface area contributed by atoms with Crippen LogP contribution in [0.3, 0.4) is 0 Å². The highest BCUT2D eigenvalue weighted by molar-refractivity contribution is 5.95. The predicted octanol–water partition coefficient (Wildman–Crippen LogP) is 4.95. The number of nitrogens with one attached hydrogen (secondary N) is 2. The van der Waals surface area contributed by atoms with Gasteiger partial charge in [0.2, 0.25) is 5.91 Å². The highest BCUT2D eigenvalue weighted by Crippen LogP contribution is 2.27. The van der Waals surface area contributed by atoms with Gasteiger partial charge in [0.1, 0.15) is 5.75 Å². The molecule has 0 fully saturated rings. The van der Waals surface area contributed by atoms with Gasteiger partial charge in [-0.15, -0.1) is 0 Å². The van der Waals surface area contributed by atoms with Crippen molar-refractivity contribution in [1.29, 1.82) is 0 Å². The maximum atomic E-state index is 12.8. The number of amides is 2. The highest BCUT2D eigenvalue weighted by Gasteiger charge is 2.13. The molecule has 0 saturated carbocycles. The van der Waals surface area contributed by atoms with Gasteiger partial charge in [0.05, 0.1) is 0 Å². The van der Waals surface area contributed by atoms with E-state index in [0.29, 0.717) is 23.2 Å². The maximum absolute atomic E-state index is 12.8. The molecule has 3 aromatic rings. The molecule has 5 nitrogen and oxygen atoms in total. The Balaban J connectivity index is 1.60. The fourth-order valence-corrected chi connectivity index (χ4v) is 3.22. The van der Waals surface area contributed by atoms with Crippen molar-refractivity contribution in [3.8, 4) is 5.75 Å². The van der Waals surface area contributed by atoms with Gasteiger partial charge in [-0.3, -0.25) is 9.59 Å². The Kier molecular flexibility index (Phi) is 7.91. The number of benzene rings is 3. The number of ether oxygens (including phenoxy) is 1. The second-order valence-electron chi connectivity index (χ2n) is 7.29. The lowest BCUT2D eigenvalue weighted by Crippen LogP contribution is -2.27. The second-order valence-corrected chi connectivity index (χ2v) is 7.29. The third-order valence-corrected chi connectivity index (χ3v) is 4.72. The third kappa shape index (κ3) is 6.91. The van der Waals surface area contributed by atoms with E-state index in [1.807, 2.05) is 43.3 Å². The molecule has 0 saturated heterocycles. The first-order valence-corrected chi connectivity index (χ1v) is 10.2. The first kappa shape index (κ1) is 22.9. The topological polar surface area (TPSA) is 67.4 Å². The van der Waals surface area contributed by atoms with Crippen molar-refractivity contribution in [2.75, 3.05) is 11.9 Å². The highest BCUT2D eigenvalue weighted by atomic mass is 19.3. The first-order chi connectivity index (χ1) is 15.4. The molecule has 0 aliphatic heterocycles. The van der Waals surface area contributed by atoms with E-state index < -0.39 is 6.61 Å². The Morgan fingerprint density at radius 1 is 0.969 bits per heavy atom. The molecule has 2 N–H and O–H groups in total. The molecule has 7 heteroatoms. The number of anilines is 1. The van der Waals surface area contributed by atoms with E-state index in [-0.39, 0.29) is 30.5 Å². The third-order valence-electron chi connectivity index (χ3n) is 4.72. The van der Waals surface area contributed by atoms with Gasteiger partial charge in [-0.05, 0) is 42.8 Å². The summed E-state index contributed by atoms with van der Waals surface area (Å²) in [5.41, 5.74) is 3.43. The molecule has 32 heavy (non-hydrogen) atoms. The molecular formula is C25H24F2N2O3. The fourth-order valence-electron chi connectivity index (χ4n) is 3.22. The molecule has 2 amide bonds. The number of hydrogen-bond donors (Lipinski definition) is 2. The van der Waals surface area contributed by atoms with Crippen LogP contribution in [0.2, 0.25) is 0 Å². The second kappa shape index (κ2) is 11.0. The van der Waals surface area contributed by atoms with E-state index in [0.717, 1.165) is 11.1 Å². The molecular weight excluding hydrogens is 414 g/mol. The summed E-state index contributed by atoms with van der Waals surface area (Å²) in [5, 5.41) is 5.45. The Hall–Kier alpha value is -3.74. The Labute approximate surface area is 185 Å². The average molecular weight is 438 g/mol. The van der Waals surface area contributed by atoms with Crippen molar-refractivity contribution in [2.45, 2.75) is 26.4 Å². The van der Waals surface area contributed by atoms with E-state index in [4.69, 9.17) is 0 Å². The number of aryl methyl sites for hydroxylation is 1. The zero-order valence-corrected chi connectivity index (χ0v) is 17.6. The van der Waals surface area contributed by atoms with Gasteiger partial charge in [-0.1, -0.05) is 48.0 Å². The zero-order valence-electron chi connectivity index (χ0n) is 17.6. The minimum Gasteiger partial charge on any atom is -0.435 e. The zero-order chi connectivity index (χ0) is 22.9. The molecule has 3 rings (SSSR count). The van der Waals surface area contributed by atoms with Gasteiger partial charge in [0.25, 0.3) is 5.91 Å². The quantitative estimate of drug-likeness (QED) is 0.497. The Bertz CT molecular complexity index is 1070. The van der Waals surface area contributed by atoms with Gasteiger partial charge >= 0.3 is 6.61 Å². The maximum Gasteiger partial charge on any atom is 0.387 e. The minimum absolute atomic E-state index is 0.0623. The smallest absolute Gasteiger partial charge is 0.387 e. The first-order valence-electron chi connectivity index (χ1n) is 10.2. The molecule has 3 aromatic carbocycles. The lowest BCUT2D eigenvalue weighted by molar-refractivity contribution is -0.116. The van der Waals surface area contributed by atoms with Crippen molar-refractivity contribution >= 4 is 17.5 Å². The minimum atomic E-state index is -2.94. The predicted molar refractivity (Wildman–Crippen MR) is 119 cm³/mol. The summed E-state index contributed by atoms with van der Waals surface area (Å²) < 4.78 is 30.2. The standard InChI is InChI=1S/C25H24F2N2O3/c1-17-6-5-9-19(14-17)24(31)28-13-12-23(30)29-21-10-11-22(32-25(26)27)20(16-21)15-18-7-3-2-4-8-18/h2-11,14,16,25H,12-13,15H2,1H3,(H,28,31)(H,29,30). The van der Waals surface area contributed by atoms with E-state index in [2.05, 4.69) is 15.4 Å². The number of alkyl halides is 2. The fraction of sp³-hybridized carbons (Fsp3) is 0.200. The molecule has 0 spiro atoms. The van der Waals surface area contributed by atoms with Crippen LogP contribution in [-0.4, -0.2) is 25.0 Å². The van der Waals surface area contributed by atoms with Crippen LogP contribution in [0.1, 0.15) is 33.5 Å². The Morgan fingerprint density at radius 2 is 1.75 bits per heavy atom. The summed E-state index contributed by atoms with van der Waals surface area (Å²) in [4.78, 5) is 24.5. The summed E-state index contributed by atoms with van der Waals surface area (Å²) in [6.45, 7) is -0.877. The summed E-state index contributed by atoms with van der Waals surface area (Å²) in [6.07, 6.45) is 0.444. The number of carbonyl (C=O) groups is 2. The van der Waals surface area contributed by atoms with Crippen LogP contribution in [0.4, 0.5) is 14.5 Å². The van der Waals surface area contributed by atoms with Gasteiger partial charge in [-0.2, -0.15) is 8.78 Å². The summed E-state index contributed by atoms with van der Waals surface area (Å²) in [7, 11) is 0. The van der Waals surface area contributed by atoms with Crippen LogP contribution in [0, 0.1) is 6.92 Å². The largest absolute Gasteiger partial charge is 0.435 e. The molecule has 0 unspecified atom stereocenters. The monoisotopic (exact) mass is 438 g/mol. The van der Waals surface area contributed by atoms with Crippen LogP contribution in [0.5, 0.6) is 5.75 Å². The van der Waals surface area contributed by atoms with E-state index in [9.17, 15) is 18.4 Å². The molecule has 0 atom stereocenters. The average Bonchev–Trinajstić information content (AvgIpc) is 2.76. The van der Waals surface area contributed by atoms with Crippen molar-refractivity contribution in [3.05, 3.63) is 95.1 Å². The van der Waals surface area contributed by atoms with Crippen LogP contribution >= 0.6 is 0 Å². The van der Waals surface area contributed by atoms with Crippen LogP contribution < -0.4 is 15.4 Å². The lowest BCUT2D eigenvalue weighted by Gasteiger charge is -2.14. The van der Waals surface area contributed by atoms with Gasteiger partial charge in [0.15, 0.2) is 0 Å². The van der Waals surface area contributed by atoms with Crippen molar-refractivity contribution in [1.82, 2.24) is 5.32 Å². The SMILES string of the molecule is Cc1cccc(C(=O)NCCC(=O)Nc2ccc(OC(F)F)c(Cc3ccccc3)c2)c1. The molecule has 0 aliphatic rings. The van der Waals surface area contributed by atoms with E-state index in [1.54, 1.807) is 24.3 Å². The lowest BCUT2D eigenvalue weighted by atomic mass is 10.0. The summed E-state index contributed by atoms with van der Waals surface area (Å²) in [5.74, 6) is -0.491. The van der Waals surface area contributed by atoms with E-state index in [1.165, 1.54) is 12.1 Å². The number of halogens is 2. The number of carbonyl (C=O) groups excluding carboxylic acids is 2. The molecule has 0 aliphatic carbocycles.